The number of aliphatic carboxylic acids is 1. The second kappa shape index (κ2) is 10.9. The zero-order chi connectivity index (χ0) is 23.1. The van der Waals surface area contributed by atoms with E-state index in [9.17, 15) is 29.4 Å². The van der Waals surface area contributed by atoms with Crippen LogP contribution in [-0.2, 0) is 16.1 Å². The Morgan fingerprint density at radius 1 is 1.23 bits per heavy atom. The number of carbonyl (C=O) groups is 1. The number of hydrogen-bond donors (Lipinski definition) is 8. The van der Waals surface area contributed by atoms with Crippen molar-refractivity contribution in [2.45, 2.75) is 31.1 Å². The number of aromatic amines is 3. The van der Waals surface area contributed by atoms with E-state index in [2.05, 4.69) is 15.3 Å². The second-order valence-corrected chi connectivity index (χ2v) is 6.73. The Hall–Kier alpha value is -2.95. The van der Waals surface area contributed by atoms with Gasteiger partial charge in [0.1, 0.15) is 18.3 Å². The van der Waals surface area contributed by atoms with E-state index < -0.39 is 48.4 Å². The molecule has 8 N–H and O–H groups in total. The smallest absolute Gasteiger partial charge is 0.325 e. The topological polar surface area (TPSA) is 223 Å². The number of carboxylic acid groups (broad SMARTS) is 1. The van der Waals surface area contributed by atoms with E-state index in [0.29, 0.717) is 0 Å². The summed E-state index contributed by atoms with van der Waals surface area (Å²) in [5.74, 6) is -1.07. The zero-order valence-electron chi connectivity index (χ0n) is 15.8. The predicted molar refractivity (Wildman–Crippen MR) is 106 cm³/mol. The van der Waals surface area contributed by atoms with Gasteiger partial charge in [-0.05, 0) is 12.2 Å². The van der Waals surface area contributed by atoms with E-state index in [1.165, 1.54) is 23.0 Å². The summed E-state index contributed by atoms with van der Waals surface area (Å²) in [7, 11) is 0. The van der Waals surface area contributed by atoms with E-state index in [1.807, 2.05) is 4.98 Å². The summed E-state index contributed by atoms with van der Waals surface area (Å²) in [6.45, 7) is -0.854. The highest BCUT2D eigenvalue weighted by Crippen LogP contribution is 2.29. The summed E-state index contributed by atoms with van der Waals surface area (Å²) >= 11 is 5.01. The van der Waals surface area contributed by atoms with E-state index in [-0.39, 0.29) is 29.0 Å². The van der Waals surface area contributed by atoms with Crippen LogP contribution in [0.25, 0.3) is 0 Å². The fourth-order valence-corrected chi connectivity index (χ4v) is 2.89. The van der Waals surface area contributed by atoms with Gasteiger partial charge in [0.25, 0.3) is 11.1 Å². The summed E-state index contributed by atoms with van der Waals surface area (Å²) < 4.78 is 6.56. The third kappa shape index (κ3) is 6.51. The highest BCUT2D eigenvalue weighted by molar-refractivity contribution is 7.71. The van der Waals surface area contributed by atoms with Gasteiger partial charge in [-0.1, -0.05) is 0 Å². The molecule has 15 heteroatoms. The van der Waals surface area contributed by atoms with Gasteiger partial charge in [-0.25, -0.2) is 4.79 Å². The van der Waals surface area contributed by atoms with Gasteiger partial charge >= 0.3 is 11.7 Å². The number of H-pyrrole nitrogens is 3. The quantitative estimate of drug-likeness (QED) is 0.200. The fraction of sp³-hybridized carbons (Fsp3) is 0.438. The van der Waals surface area contributed by atoms with Gasteiger partial charge in [-0.3, -0.25) is 28.9 Å². The molecule has 0 amide bonds. The van der Waals surface area contributed by atoms with Crippen LogP contribution in [0.15, 0.2) is 32.8 Å². The van der Waals surface area contributed by atoms with Crippen molar-refractivity contribution in [3.63, 3.8) is 0 Å². The molecule has 4 atom stereocenters. The normalized spacial score (nSPS) is 22.5. The minimum Gasteiger partial charge on any atom is -0.480 e. The Balaban J connectivity index is 0.000000357. The minimum atomic E-state index is -1.34. The summed E-state index contributed by atoms with van der Waals surface area (Å²) in [5.41, 5.74) is -1.18. The number of ether oxygens (including phenoxy) is 1. The lowest BCUT2D eigenvalue weighted by Crippen LogP contribution is -2.34. The minimum absolute atomic E-state index is 0.0353. The first-order valence-electron chi connectivity index (χ1n) is 8.81. The third-order valence-corrected chi connectivity index (χ3v) is 4.42. The average molecular weight is 459 g/mol. The van der Waals surface area contributed by atoms with Gasteiger partial charge in [-0.2, -0.15) is 0 Å². The predicted octanol–water partition coefficient (Wildman–Crippen LogP) is -3.25. The number of nitrogens with zero attached hydrogens (tertiary/aromatic N) is 1. The molecule has 0 bridgehead atoms. The molecule has 0 spiro atoms. The summed E-state index contributed by atoms with van der Waals surface area (Å²) in [5, 5.41) is 40.0. The number of aliphatic hydroxyl groups excluding tert-OH is 3. The number of hydrogen-bond acceptors (Lipinski definition) is 10. The van der Waals surface area contributed by atoms with Crippen LogP contribution in [0.2, 0.25) is 0 Å². The van der Waals surface area contributed by atoms with Crippen LogP contribution in [-0.4, -0.2) is 77.4 Å². The molecule has 0 aromatic carbocycles. The molecule has 1 fully saturated rings. The molecule has 170 valence electrons. The number of aliphatic hydroxyl groups is 3. The van der Waals surface area contributed by atoms with Crippen LogP contribution in [0.5, 0.6) is 0 Å². The Morgan fingerprint density at radius 2 is 1.94 bits per heavy atom. The van der Waals surface area contributed by atoms with Gasteiger partial charge in [0.15, 0.2) is 11.0 Å². The van der Waals surface area contributed by atoms with Crippen LogP contribution in [0.4, 0.5) is 0 Å². The van der Waals surface area contributed by atoms with Crippen molar-refractivity contribution in [3.05, 3.63) is 60.0 Å². The number of rotatable bonds is 6. The molecule has 0 saturated carbocycles. The van der Waals surface area contributed by atoms with Gasteiger partial charge in [0.05, 0.1) is 13.2 Å². The molecule has 0 aliphatic carbocycles. The fourth-order valence-electron chi connectivity index (χ4n) is 2.64. The van der Waals surface area contributed by atoms with Crippen molar-refractivity contribution in [1.82, 2.24) is 24.8 Å². The maximum absolute atomic E-state index is 11.8. The highest BCUT2D eigenvalue weighted by Gasteiger charge is 2.43. The van der Waals surface area contributed by atoms with Crippen molar-refractivity contribution in [2.24, 2.45) is 0 Å². The number of aromatic nitrogens is 4. The number of nitrogens with one attached hydrogen (secondary N) is 4. The third-order valence-electron chi connectivity index (χ3n) is 4.11. The Bertz CT molecular complexity index is 1100. The number of carboxylic acids is 1. The van der Waals surface area contributed by atoms with E-state index in [4.69, 9.17) is 27.2 Å². The zero-order valence-corrected chi connectivity index (χ0v) is 16.7. The SMILES string of the molecule is O=C(O)CNCc1cn([C@@H]2O[C@H](CO)[C@@H](O)[C@H]2O)c(=S)[nH]c1=O.O=c1cc[nH]c(=O)[nH]1. The monoisotopic (exact) mass is 459 g/mol. The molecule has 0 radical (unpaired) electrons. The van der Waals surface area contributed by atoms with Gasteiger partial charge in [0.2, 0.25) is 0 Å². The first kappa shape index (κ1) is 24.3. The summed E-state index contributed by atoms with van der Waals surface area (Å²) in [6, 6.07) is 1.24. The van der Waals surface area contributed by atoms with Crippen LogP contribution in [0.1, 0.15) is 11.8 Å². The standard InChI is InChI=1S/C12H17N3O7S.C4H4N2O2/c16-4-6-8(19)9(20)11(22-6)15-3-5(1-13-2-7(17)18)10(21)14-12(15)23;7-3-1-2-5-4(8)6-3/h3,6,8-9,11,13,16,19-20H,1-2,4H2,(H,17,18)(H,14,21,23);1-2H,(H2,5,6,7,8)/t6-,8-,9-,11-;/m1./s1. The molecular weight excluding hydrogens is 438 g/mol. The van der Waals surface area contributed by atoms with Gasteiger partial charge in [-0.15, -0.1) is 0 Å². The van der Waals surface area contributed by atoms with Crippen molar-refractivity contribution in [3.8, 4) is 0 Å². The van der Waals surface area contributed by atoms with Crippen LogP contribution in [0.3, 0.4) is 0 Å². The molecular formula is C16H21N5O9S. The molecule has 2 aromatic rings. The maximum atomic E-state index is 11.8. The van der Waals surface area contributed by atoms with Crippen LogP contribution < -0.4 is 22.1 Å². The first-order valence-corrected chi connectivity index (χ1v) is 9.22. The average Bonchev–Trinajstić information content (AvgIpc) is 2.98. The van der Waals surface area contributed by atoms with Crippen LogP contribution in [0, 0.1) is 4.77 Å². The first-order chi connectivity index (χ1) is 14.6. The van der Waals surface area contributed by atoms with Crippen LogP contribution >= 0.6 is 12.2 Å². The molecule has 0 unspecified atom stereocenters. The summed E-state index contributed by atoms with van der Waals surface area (Å²) in [4.78, 5) is 49.4. The van der Waals surface area contributed by atoms with E-state index >= 15 is 0 Å². The lowest BCUT2D eigenvalue weighted by molar-refractivity contribution is -0.136. The molecule has 1 aliphatic rings. The lowest BCUT2D eigenvalue weighted by atomic mass is 10.1. The van der Waals surface area contributed by atoms with E-state index in [1.54, 1.807) is 0 Å². The van der Waals surface area contributed by atoms with E-state index in [0.717, 1.165) is 0 Å². The molecule has 3 rings (SSSR count). The molecule has 3 heterocycles. The van der Waals surface area contributed by atoms with Crippen molar-refractivity contribution < 1.29 is 30.0 Å². The van der Waals surface area contributed by atoms with Crippen molar-refractivity contribution >= 4 is 18.2 Å². The molecule has 1 aliphatic heterocycles. The molecule has 14 nitrogen and oxygen atoms in total. The highest BCUT2D eigenvalue weighted by atomic mass is 32.1. The van der Waals surface area contributed by atoms with Crippen molar-refractivity contribution in [1.29, 1.82) is 0 Å². The lowest BCUT2D eigenvalue weighted by Gasteiger charge is -2.19. The molecule has 1 saturated heterocycles. The molecule has 2 aromatic heterocycles. The van der Waals surface area contributed by atoms with Gasteiger partial charge in [0, 0.05) is 30.6 Å². The van der Waals surface area contributed by atoms with Gasteiger partial charge < -0.3 is 35.5 Å². The Kier molecular flexibility index (Phi) is 8.55. The Labute approximate surface area is 177 Å². The largest absolute Gasteiger partial charge is 0.480 e. The second-order valence-electron chi connectivity index (χ2n) is 6.34. The van der Waals surface area contributed by atoms with Crippen molar-refractivity contribution in [2.75, 3.05) is 13.2 Å². The summed E-state index contributed by atoms with van der Waals surface area (Å²) in [6.07, 6.45) is -2.09. The Morgan fingerprint density at radius 3 is 2.45 bits per heavy atom. The molecule has 31 heavy (non-hydrogen) atoms. The maximum Gasteiger partial charge on any atom is 0.325 e.